The fraction of sp³-hybridized carbons (Fsp3) is 0.364. The van der Waals surface area contributed by atoms with Gasteiger partial charge in [0.25, 0.3) is 5.91 Å². The molecule has 43 heavy (non-hydrogen) atoms. The van der Waals surface area contributed by atoms with Crippen molar-refractivity contribution in [2.75, 3.05) is 17.9 Å². The minimum absolute atomic E-state index is 0.0916. The van der Waals surface area contributed by atoms with Crippen LogP contribution in [0.25, 0.3) is 11.3 Å². The standard InChI is InChI=1S/C33H36N6O3S/c1-5-41-25-17-34-28(35-18-25)19-39-24(16-33(4)12-13-33)20-42-29-15-27(30-21(2)8-6-9-22(30)3)36-32(37-29)38-43-26-11-7-10-23(14-26)31(39)40/h6-11,14-15,17-18,24H,5,12-13,16,19-20H2,1-4H3,(H,36,37,38)/t24-/m1/s1. The molecule has 1 aliphatic heterocycles. The van der Waals surface area contributed by atoms with Gasteiger partial charge in [-0.05, 0) is 86.7 Å². The number of rotatable bonds is 7. The largest absolute Gasteiger partial charge is 0.491 e. The average molecular weight is 597 g/mol. The van der Waals surface area contributed by atoms with Crippen LogP contribution in [0.3, 0.4) is 0 Å². The van der Waals surface area contributed by atoms with Crippen LogP contribution in [0.1, 0.15) is 60.4 Å². The minimum Gasteiger partial charge on any atom is -0.491 e. The summed E-state index contributed by atoms with van der Waals surface area (Å²) in [4.78, 5) is 35.6. The number of carbonyl (C=O) groups is 1. The molecule has 1 atom stereocenters. The number of aryl methyl sites for hydroxylation is 2. The Morgan fingerprint density at radius 2 is 1.81 bits per heavy atom. The van der Waals surface area contributed by atoms with E-state index in [-0.39, 0.29) is 30.5 Å². The summed E-state index contributed by atoms with van der Waals surface area (Å²) in [5.41, 5.74) is 4.84. The van der Waals surface area contributed by atoms with E-state index in [2.05, 4.69) is 47.6 Å². The van der Waals surface area contributed by atoms with Crippen molar-refractivity contribution in [3.8, 4) is 22.9 Å². The van der Waals surface area contributed by atoms with E-state index in [1.165, 1.54) is 11.9 Å². The number of amides is 1. The van der Waals surface area contributed by atoms with Crippen LogP contribution in [-0.2, 0) is 6.54 Å². The highest BCUT2D eigenvalue weighted by molar-refractivity contribution is 8.00. The number of carbonyl (C=O) groups excluding carboxylic acids is 1. The number of aromatic nitrogens is 4. The molecule has 2 aliphatic rings. The van der Waals surface area contributed by atoms with Gasteiger partial charge in [-0.15, -0.1) is 0 Å². The molecular formula is C33H36N6O3S. The highest BCUT2D eigenvalue weighted by Crippen LogP contribution is 2.49. The molecule has 10 heteroatoms. The molecule has 0 unspecified atom stereocenters. The molecular weight excluding hydrogens is 560 g/mol. The smallest absolute Gasteiger partial charge is 0.254 e. The fourth-order valence-corrected chi connectivity index (χ4v) is 6.10. The molecule has 0 radical (unpaired) electrons. The first kappa shape index (κ1) is 28.9. The summed E-state index contributed by atoms with van der Waals surface area (Å²) >= 11 is 1.36. The van der Waals surface area contributed by atoms with Crippen molar-refractivity contribution < 1.29 is 14.3 Å². The molecule has 3 heterocycles. The highest BCUT2D eigenvalue weighted by Gasteiger charge is 2.42. The average Bonchev–Trinajstić information content (AvgIpc) is 3.74. The molecule has 1 N–H and O–H groups in total. The van der Waals surface area contributed by atoms with Gasteiger partial charge < -0.3 is 14.4 Å². The van der Waals surface area contributed by atoms with Crippen molar-refractivity contribution >= 4 is 23.8 Å². The zero-order chi connectivity index (χ0) is 30.0. The molecule has 1 saturated carbocycles. The molecule has 1 amide bonds. The van der Waals surface area contributed by atoms with E-state index in [0.717, 1.165) is 46.5 Å². The first-order valence-corrected chi connectivity index (χ1v) is 15.5. The third kappa shape index (κ3) is 6.74. The Labute approximate surface area is 256 Å². The van der Waals surface area contributed by atoms with Crippen LogP contribution in [0.5, 0.6) is 11.6 Å². The Kier molecular flexibility index (Phi) is 8.21. The van der Waals surface area contributed by atoms with Crippen LogP contribution in [0.15, 0.2) is 65.8 Å². The zero-order valence-corrected chi connectivity index (χ0v) is 25.8. The number of hydrogen-bond acceptors (Lipinski definition) is 9. The van der Waals surface area contributed by atoms with E-state index in [0.29, 0.717) is 35.6 Å². The van der Waals surface area contributed by atoms with E-state index < -0.39 is 0 Å². The zero-order valence-electron chi connectivity index (χ0n) is 25.0. The summed E-state index contributed by atoms with van der Waals surface area (Å²) in [5.74, 6) is 1.95. The lowest BCUT2D eigenvalue weighted by Gasteiger charge is -2.33. The summed E-state index contributed by atoms with van der Waals surface area (Å²) in [6.07, 6.45) is 6.35. The van der Waals surface area contributed by atoms with Gasteiger partial charge in [-0.2, -0.15) is 4.98 Å². The van der Waals surface area contributed by atoms with Gasteiger partial charge in [-0.1, -0.05) is 31.2 Å². The second kappa shape index (κ2) is 12.2. The molecule has 9 nitrogen and oxygen atoms in total. The van der Waals surface area contributed by atoms with Crippen LogP contribution in [0.4, 0.5) is 5.95 Å². The van der Waals surface area contributed by atoms with Crippen LogP contribution in [0.2, 0.25) is 0 Å². The molecule has 1 aliphatic carbocycles. The molecule has 2 aromatic carbocycles. The fourth-order valence-electron chi connectivity index (χ4n) is 5.47. The predicted octanol–water partition coefficient (Wildman–Crippen LogP) is 6.66. The van der Waals surface area contributed by atoms with Gasteiger partial charge in [0, 0.05) is 22.1 Å². The quantitative estimate of drug-likeness (QED) is 0.235. The highest BCUT2D eigenvalue weighted by atomic mass is 32.2. The molecule has 6 rings (SSSR count). The van der Waals surface area contributed by atoms with Crippen molar-refractivity contribution in [3.63, 3.8) is 0 Å². The first-order valence-electron chi connectivity index (χ1n) is 14.7. The molecule has 222 valence electrons. The predicted molar refractivity (Wildman–Crippen MR) is 167 cm³/mol. The van der Waals surface area contributed by atoms with E-state index >= 15 is 0 Å². The van der Waals surface area contributed by atoms with Crippen molar-refractivity contribution in [1.29, 1.82) is 0 Å². The van der Waals surface area contributed by atoms with Crippen molar-refractivity contribution in [1.82, 2.24) is 24.8 Å². The molecule has 0 spiro atoms. The summed E-state index contributed by atoms with van der Waals surface area (Å²) in [7, 11) is 0. The Balaban J connectivity index is 1.41. The summed E-state index contributed by atoms with van der Waals surface area (Å²) in [6.45, 7) is 9.40. The van der Waals surface area contributed by atoms with Crippen LogP contribution >= 0.6 is 11.9 Å². The third-order valence-electron chi connectivity index (χ3n) is 8.04. The minimum atomic E-state index is -0.234. The number of ether oxygens (including phenoxy) is 2. The van der Waals surface area contributed by atoms with Gasteiger partial charge in [-0.25, -0.2) is 15.0 Å². The SMILES string of the molecule is CCOc1cnc(CN2C(=O)c3cccc(c3)SNc3nc(cc(-c4c(C)cccc4C)n3)OC[C@H]2CC2(C)CC2)nc1. The first-order chi connectivity index (χ1) is 20.8. The molecule has 1 fully saturated rings. The Hall–Kier alpha value is -4.18. The van der Waals surface area contributed by atoms with Gasteiger partial charge in [-0.3, -0.25) is 9.52 Å². The Bertz CT molecular complexity index is 1610. The van der Waals surface area contributed by atoms with Gasteiger partial charge in [0.05, 0.1) is 37.3 Å². The second-order valence-electron chi connectivity index (χ2n) is 11.6. The molecule has 4 bridgehead atoms. The van der Waals surface area contributed by atoms with Gasteiger partial charge in [0.15, 0.2) is 5.75 Å². The van der Waals surface area contributed by atoms with Crippen LogP contribution in [-0.4, -0.2) is 50.0 Å². The van der Waals surface area contributed by atoms with E-state index in [1.807, 2.05) is 48.2 Å². The lowest BCUT2D eigenvalue weighted by molar-refractivity contribution is 0.0533. The maximum absolute atomic E-state index is 14.2. The number of nitrogens with one attached hydrogen (secondary N) is 1. The molecule has 4 aromatic rings. The van der Waals surface area contributed by atoms with Gasteiger partial charge in [0.1, 0.15) is 12.4 Å². The summed E-state index contributed by atoms with van der Waals surface area (Å²) in [5, 5.41) is 0. The number of benzene rings is 2. The van der Waals surface area contributed by atoms with Crippen LogP contribution in [0, 0.1) is 19.3 Å². The maximum atomic E-state index is 14.2. The Morgan fingerprint density at radius 3 is 2.53 bits per heavy atom. The number of fused-ring (bicyclic) bond motifs is 4. The number of hydrogen-bond donors (Lipinski definition) is 1. The third-order valence-corrected chi connectivity index (χ3v) is 8.82. The van der Waals surface area contributed by atoms with E-state index in [4.69, 9.17) is 19.4 Å². The van der Waals surface area contributed by atoms with Gasteiger partial charge in [0.2, 0.25) is 11.8 Å². The van der Waals surface area contributed by atoms with E-state index in [1.54, 1.807) is 12.4 Å². The second-order valence-corrected chi connectivity index (χ2v) is 12.5. The number of nitrogens with zero attached hydrogens (tertiary/aromatic N) is 5. The summed E-state index contributed by atoms with van der Waals surface area (Å²) < 4.78 is 15.3. The Morgan fingerprint density at radius 1 is 1.07 bits per heavy atom. The van der Waals surface area contributed by atoms with Crippen LogP contribution < -0.4 is 14.2 Å². The van der Waals surface area contributed by atoms with Crippen molar-refractivity contribution in [3.05, 3.63) is 83.4 Å². The van der Waals surface area contributed by atoms with Gasteiger partial charge >= 0.3 is 0 Å². The monoisotopic (exact) mass is 596 g/mol. The number of anilines is 1. The maximum Gasteiger partial charge on any atom is 0.254 e. The normalized spacial score (nSPS) is 17.5. The lowest BCUT2D eigenvalue weighted by Crippen LogP contribution is -2.44. The summed E-state index contributed by atoms with van der Waals surface area (Å²) in [6, 6.07) is 15.5. The molecule has 0 saturated heterocycles. The topological polar surface area (TPSA) is 102 Å². The molecule has 2 aromatic heterocycles. The van der Waals surface area contributed by atoms with Crippen molar-refractivity contribution in [2.45, 2.75) is 64.4 Å². The van der Waals surface area contributed by atoms with Crippen molar-refractivity contribution in [2.24, 2.45) is 5.41 Å². The lowest BCUT2D eigenvalue weighted by atomic mass is 9.97. The van der Waals surface area contributed by atoms with E-state index in [9.17, 15) is 4.79 Å².